The average molecular weight is 282 g/mol. The molecule has 4 heteroatoms. The van der Waals surface area contributed by atoms with Crippen LogP contribution in [0.25, 0.3) is 0 Å². The van der Waals surface area contributed by atoms with Crippen LogP contribution in [0.5, 0.6) is 0 Å². The van der Waals surface area contributed by atoms with Gasteiger partial charge < -0.3 is 5.32 Å². The van der Waals surface area contributed by atoms with Crippen molar-refractivity contribution in [2.75, 3.05) is 26.2 Å². The molecule has 1 aliphatic heterocycles. The van der Waals surface area contributed by atoms with Crippen LogP contribution in [0.15, 0.2) is 18.2 Å². The Labute approximate surface area is 120 Å². The maximum Gasteiger partial charge on any atom is 0.126 e. The van der Waals surface area contributed by atoms with Crippen molar-refractivity contribution in [3.63, 3.8) is 0 Å². The van der Waals surface area contributed by atoms with Crippen molar-refractivity contribution < 1.29 is 8.78 Å². The second-order valence-electron chi connectivity index (χ2n) is 5.73. The number of hydrogen-bond acceptors (Lipinski definition) is 2. The van der Waals surface area contributed by atoms with Crippen LogP contribution in [0.3, 0.4) is 0 Å². The topological polar surface area (TPSA) is 15.3 Å². The van der Waals surface area contributed by atoms with Crippen molar-refractivity contribution in [2.24, 2.45) is 5.92 Å². The molecule has 0 saturated carbocycles. The lowest BCUT2D eigenvalue weighted by atomic mass is 9.97. The molecule has 1 fully saturated rings. The van der Waals surface area contributed by atoms with Gasteiger partial charge in [0.05, 0.1) is 0 Å². The molecule has 2 rings (SSSR count). The van der Waals surface area contributed by atoms with Gasteiger partial charge in [0, 0.05) is 19.2 Å². The number of likely N-dealkylation sites (tertiary alicyclic amines) is 1. The molecule has 0 amide bonds. The molecule has 1 aromatic rings. The zero-order chi connectivity index (χ0) is 14.4. The van der Waals surface area contributed by atoms with Crippen LogP contribution >= 0.6 is 0 Å². The number of rotatable bonds is 6. The molecule has 0 aliphatic carbocycles. The van der Waals surface area contributed by atoms with Crippen molar-refractivity contribution in [3.05, 3.63) is 35.4 Å². The van der Waals surface area contributed by atoms with Crippen molar-refractivity contribution >= 4 is 0 Å². The number of hydrogen-bond donors (Lipinski definition) is 1. The zero-order valence-electron chi connectivity index (χ0n) is 12.2. The van der Waals surface area contributed by atoms with Gasteiger partial charge >= 0.3 is 0 Å². The first-order chi connectivity index (χ1) is 9.67. The van der Waals surface area contributed by atoms with Crippen LogP contribution in [0.1, 0.15) is 31.7 Å². The van der Waals surface area contributed by atoms with Gasteiger partial charge in [-0.1, -0.05) is 6.92 Å². The largest absolute Gasteiger partial charge is 0.316 e. The minimum absolute atomic E-state index is 0.488. The molecule has 1 aliphatic rings. The summed E-state index contributed by atoms with van der Waals surface area (Å²) < 4.78 is 26.4. The zero-order valence-corrected chi connectivity index (χ0v) is 12.2. The molecule has 0 bridgehead atoms. The fourth-order valence-corrected chi connectivity index (χ4v) is 2.90. The van der Waals surface area contributed by atoms with Gasteiger partial charge in [0.2, 0.25) is 0 Å². The van der Waals surface area contributed by atoms with Gasteiger partial charge in [-0.05, 0) is 62.5 Å². The number of nitrogens with one attached hydrogen (secondary N) is 1. The fraction of sp³-hybridized carbons (Fsp3) is 0.625. The van der Waals surface area contributed by atoms with E-state index in [0.29, 0.717) is 12.5 Å². The lowest BCUT2D eigenvalue weighted by molar-refractivity contribution is 0.165. The number of nitrogens with zero attached hydrogens (tertiary/aromatic N) is 1. The second kappa shape index (κ2) is 7.70. The molecule has 1 aromatic carbocycles. The van der Waals surface area contributed by atoms with Gasteiger partial charge in [-0.3, -0.25) is 4.90 Å². The third-order valence-corrected chi connectivity index (χ3v) is 3.79. The van der Waals surface area contributed by atoms with E-state index in [1.54, 1.807) is 0 Å². The highest BCUT2D eigenvalue weighted by molar-refractivity contribution is 5.17. The lowest BCUT2D eigenvalue weighted by Crippen LogP contribution is -2.39. The van der Waals surface area contributed by atoms with Crippen molar-refractivity contribution in [3.8, 4) is 0 Å². The predicted octanol–water partition coefficient (Wildman–Crippen LogP) is 3.18. The molecule has 1 N–H and O–H groups in total. The van der Waals surface area contributed by atoms with E-state index in [4.69, 9.17) is 0 Å². The Hall–Kier alpha value is -1.00. The predicted molar refractivity (Wildman–Crippen MR) is 77.5 cm³/mol. The molecule has 2 nitrogen and oxygen atoms in total. The Balaban J connectivity index is 1.85. The maximum absolute atomic E-state index is 13.2. The smallest absolute Gasteiger partial charge is 0.126 e. The average Bonchev–Trinajstić information content (AvgIpc) is 2.38. The van der Waals surface area contributed by atoms with Crippen molar-refractivity contribution in [2.45, 2.75) is 32.7 Å². The van der Waals surface area contributed by atoms with Gasteiger partial charge in [-0.2, -0.15) is 0 Å². The molecular formula is C16H24F2N2. The molecule has 0 aromatic heterocycles. The molecule has 112 valence electrons. The molecule has 0 spiro atoms. The Morgan fingerprint density at radius 2 is 2.00 bits per heavy atom. The molecule has 1 saturated heterocycles. The Bertz CT molecular complexity index is 403. The van der Waals surface area contributed by atoms with Crippen LogP contribution in [0.4, 0.5) is 8.78 Å². The highest BCUT2D eigenvalue weighted by Crippen LogP contribution is 2.19. The summed E-state index contributed by atoms with van der Waals surface area (Å²) in [6, 6.07) is 3.79. The first-order valence-corrected chi connectivity index (χ1v) is 7.55. The van der Waals surface area contributed by atoms with E-state index in [1.165, 1.54) is 18.6 Å². The van der Waals surface area contributed by atoms with Gasteiger partial charge in [0.1, 0.15) is 11.6 Å². The Morgan fingerprint density at radius 3 is 2.70 bits per heavy atom. The summed E-state index contributed by atoms with van der Waals surface area (Å²) in [6.45, 7) is 6.93. The fourth-order valence-electron chi connectivity index (χ4n) is 2.90. The van der Waals surface area contributed by atoms with E-state index in [-0.39, 0.29) is 0 Å². The van der Waals surface area contributed by atoms with Crippen LogP contribution in [0.2, 0.25) is 0 Å². The number of piperidine rings is 1. The quantitative estimate of drug-likeness (QED) is 0.806. The van der Waals surface area contributed by atoms with Crippen molar-refractivity contribution in [1.82, 2.24) is 10.2 Å². The lowest BCUT2D eigenvalue weighted by Gasteiger charge is -2.33. The van der Waals surface area contributed by atoms with E-state index in [9.17, 15) is 8.78 Å². The summed E-state index contributed by atoms with van der Waals surface area (Å²) in [5, 5.41) is 3.46. The summed E-state index contributed by atoms with van der Waals surface area (Å²) in [5.41, 5.74) is 0.727. The first kappa shape index (κ1) is 15.4. The first-order valence-electron chi connectivity index (χ1n) is 7.55. The highest BCUT2D eigenvalue weighted by atomic mass is 19.1. The maximum atomic E-state index is 13.2. The van der Waals surface area contributed by atoms with E-state index in [0.717, 1.165) is 50.7 Å². The Morgan fingerprint density at radius 1 is 1.25 bits per heavy atom. The Kier molecular flexibility index (Phi) is 5.92. The van der Waals surface area contributed by atoms with Crippen LogP contribution in [-0.2, 0) is 6.54 Å². The highest BCUT2D eigenvalue weighted by Gasteiger charge is 2.19. The minimum Gasteiger partial charge on any atom is -0.316 e. The van der Waals surface area contributed by atoms with Gasteiger partial charge in [0.15, 0.2) is 0 Å². The third-order valence-electron chi connectivity index (χ3n) is 3.79. The second-order valence-corrected chi connectivity index (χ2v) is 5.73. The van der Waals surface area contributed by atoms with Crippen LogP contribution < -0.4 is 5.32 Å². The van der Waals surface area contributed by atoms with E-state index >= 15 is 0 Å². The SMILES string of the molecule is CCCNCC1CCCN(Cc2cc(F)cc(F)c2)C1. The molecular weight excluding hydrogens is 258 g/mol. The summed E-state index contributed by atoms with van der Waals surface area (Å²) in [6.07, 6.45) is 3.56. The van der Waals surface area contributed by atoms with Gasteiger partial charge in [-0.15, -0.1) is 0 Å². The monoisotopic (exact) mass is 282 g/mol. The molecule has 1 unspecified atom stereocenters. The summed E-state index contributed by atoms with van der Waals surface area (Å²) in [7, 11) is 0. The normalized spacial score (nSPS) is 20.2. The molecule has 20 heavy (non-hydrogen) atoms. The third kappa shape index (κ3) is 4.84. The molecule has 0 radical (unpaired) electrons. The number of halogens is 2. The van der Waals surface area contributed by atoms with Crippen LogP contribution in [0, 0.1) is 17.6 Å². The van der Waals surface area contributed by atoms with Gasteiger partial charge in [0.25, 0.3) is 0 Å². The molecule has 1 atom stereocenters. The summed E-state index contributed by atoms with van der Waals surface area (Å²) in [5.74, 6) is -0.329. The minimum atomic E-state index is -0.488. The van der Waals surface area contributed by atoms with Crippen LogP contribution in [-0.4, -0.2) is 31.1 Å². The summed E-state index contributed by atoms with van der Waals surface area (Å²) in [4.78, 5) is 2.30. The molecule has 1 heterocycles. The standard InChI is InChI=1S/C16H24F2N2/c1-2-5-19-10-13-4-3-6-20(11-13)12-14-7-15(17)9-16(18)8-14/h7-9,13,19H,2-6,10-12H2,1H3. The van der Waals surface area contributed by atoms with E-state index in [1.807, 2.05) is 0 Å². The van der Waals surface area contributed by atoms with Crippen molar-refractivity contribution in [1.29, 1.82) is 0 Å². The summed E-state index contributed by atoms with van der Waals surface area (Å²) >= 11 is 0. The van der Waals surface area contributed by atoms with E-state index in [2.05, 4.69) is 17.1 Å². The van der Waals surface area contributed by atoms with E-state index < -0.39 is 11.6 Å². The number of benzene rings is 1. The van der Waals surface area contributed by atoms with Gasteiger partial charge in [-0.25, -0.2) is 8.78 Å².